The first-order valence-electron chi connectivity index (χ1n) is 8.70. The van der Waals surface area contributed by atoms with Crippen molar-refractivity contribution in [2.75, 3.05) is 19.7 Å². The molecule has 1 unspecified atom stereocenters. The monoisotopic (exact) mass is 392 g/mol. The molecule has 0 aliphatic rings. The number of halogens is 1. The number of hydrogen-bond donors (Lipinski definition) is 0. The molecule has 3 nitrogen and oxygen atoms in total. The Morgan fingerprint density at radius 1 is 1.04 bits per heavy atom. The second-order valence-corrected chi connectivity index (χ2v) is 7.73. The number of benzene rings is 2. The van der Waals surface area contributed by atoms with Crippen molar-refractivity contribution in [1.82, 2.24) is 0 Å². The summed E-state index contributed by atoms with van der Waals surface area (Å²) in [4.78, 5) is 11.0. The molecule has 140 valence electrons. The Balaban J connectivity index is 1.97. The highest BCUT2D eigenvalue weighted by atomic mass is 35.5. The van der Waals surface area contributed by atoms with E-state index >= 15 is 0 Å². The average molecular weight is 393 g/mol. The first kappa shape index (κ1) is 21.0. The third-order valence-electron chi connectivity index (χ3n) is 4.01. The van der Waals surface area contributed by atoms with E-state index in [1.807, 2.05) is 24.3 Å². The van der Waals surface area contributed by atoms with Crippen LogP contribution in [0.5, 0.6) is 0 Å². The maximum atomic E-state index is 11.0. The zero-order chi connectivity index (χ0) is 18.8. The molecule has 0 aliphatic carbocycles. The lowest BCUT2D eigenvalue weighted by atomic mass is 9.99. The van der Waals surface area contributed by atoms with Crippen molar-refractivity contribution in [2.24, 2.45) is 0 Å². The first-order valence-corrected chi connectivity index (χ1v) is 10.1. The van der Waals surface area contributed by atoms with Gasteiger partial charge >= 0.3 is 0 Å². The van der Waals surface area contributed by atoms with Crippen LogP contribution in [0.1, 0.15) is 37.9 Å². The van der Waals surface area contributed by atoms with E-state index in [-0.39, 0.29) is 18.0 Å². The van der Waals surface area contributed by atoms with Crippen LogP contribution >= 0.6 is 23.4 Å². The molecule has 0 saturated carbocycles. The van der Waals surface area contributed by atoms with Crippen LogP contribution in [0, 0.1) is 0 Å². The van der Waals surface area contributed by atoms with Crippen molar-refractivity contribution >= 4 is 28.5 Å². The fourth-order valence-corrected chi connectivity index (χ4v) is 3.44. The number of thioether (sulfide) groups is 1. The smallest absolute Gasteiger partial charge is 0.185 e. The Bertz CT molecular complexity index is 671. The van der Waals surface area contributed by atoms with Crippen molar-refractivity contribution in [2.45, 2.75) is 32.3 Å². The Morgan fingerprint density at radius 3 is 2.23 bits per heavy atom. The molecule has 0 heterocycles. The number of carbonyl (C=O) groups excluding carboxylic acids is 1. The van der Waals surface area contributed by atoms with Crippen molar-refractivity contribution in [1.29, 1.82) is 0 Å². The summed E-state index contributed by atoms with van der Waals surface area (Å²) in [6, 6.07) is 16.2. The van der Waals surface area contributed by atoms with Gasteiger partial charge in [0, 0.05) is 24.8 Å². The summed E-state index contributed by atoms with van der Waals surface area (Å²) in [5.74, 6) is 0.863. The molecule has 0 radical (unpaired) electrons. The van der Waals surface area contributed by atoms with E-state index in [0.29, 0.717) is 0 Å². The van der Waals surface area contributed by atoms with Gasteiger partial charge in [0.1, 0.15) is 6.79 Å². The van der Waals surface area contributed by atoms with Crippen molar-refractivity contribution in [3.05, 3.63) is 59.1 Å². The minimum Gasteiger partial charge on any atom is -0.359 e. The normalized spacial score (nSPS) is 12.1. The standard InChI is InChI=1S/C21H25ClO3S/c1-16(23)26-14-4-3-5-21(25-15-24-2)19-8-6-17(7-9-19)18-10-12-20(22)13-11-18/h6-13,21H,3-5,14-15H2,1-2H3. The topological polar surface area (TPSA) is 35.5 Å². The summed E-state index contributed by atoms with van der Waals surface area (Å²) in [5.41, 5.74) is 3.42. The molecule has 0 saturated heterocycles. The van der Waals surface area contributed by atoms with Crippen molar-refractivity contribution < 1.29 is 14.3 Å². The van der Waals surface area contributed by atoms with E-state index in [0.717, 1.165) is 46.7 Å². The Morgan fingerprint density at radius 2 is 1.65 bits per heavy atom. The van der Waals surface area contributed by atoms with Crippen LogP contribution in [0.15, 0.2) is 48.5 Å². The third kappa shape index (κ3) is 7.12. The summed E-state index contributed by atoms with van der Waals surface area (Å²) in [7, 11) is 1.63. The number of rotatable bonds is 10. The van der Waals surface area contributed by atoms with E-state index in [4.69, 9.17) is 21.1 Å². The molecule has 2 aromatic rings. The largest absolute Gasteiger partial charge is 0.359 e. The van der Waals surface area contributed by atoms with Gasteiger partial charge in [0.25, 0.3) is 0 Å². The number of ether oxygens (including phenoxy) is 2. The van der Waals surface area contributed by atoms with Gasteiger partial charge in [-0.05, 0) is 48.1 Å². The zero-order valence-electron chi connectivity index (χ0n) is 15.2. The molecular weight excluding hydrogens is 368 g/mol. The summed E-state index contributed by atoms with van der Waals surface area (Å²) < 4.78 is 10.9. The van der Waals surface area contributed by atoms with Gasteiger partial charge in [-0.25, -0.2) is 0 Å². The molecule has 26 heavy (non-hydrogen) atoms. The zero-order valence-corrected chi connectivity index (χ0v) is 16.8. The van der Waals surface area contributed by atoms with E-state index in [1.54, 1.807) is 14.0 Å². The summed E-state index contributed by atoms with van der Waals surface area (Å²) >= 11 is 7.34. The van der Waals surface area contributed by atoms with Crippen LogP contribution in [-0.2, 0) is 14.3 Å². The lowest BCUT2D eigenvalue weighted by Crippen LogP contribution is -2.07. The fraction of sp³-hybridized carbons (Fsp3) is 0.381. The molecule has 0 fully saturated rings. The SMILES string of the molecule is COCOC(CCCCSC(C)=O)c1ccc(-c2ccc(Cl)cc2)cc1. The molecular formula is C21H25ClO3S. The molecule has 0 N–H and O–H groups in total. The van der Waals surface area contributed by atoms with Crippen LogP contribution in [-0.4, -0.2) is 24.8 Å². The molecule has 1 atom stereocenters. The van der Waals surface area contributed by atoms with Crippen LogP contribution in [0.2, 0.25) is 5.02 Å². The summed E-state index contributed by atoms with van der Waals surface area (Å²) in [5, 5.41) is 0.913. The van der Waals surface area contributed by atoms with Crippen molar-refractivity contribution in [3.8, 4) is 11.1 Å². The molecule has 2 rings (SSSR count). The first-order chi connectivity index (χ1) is 12.6. The molecule has 2 aromatic carbocycles. The van der Waals surface area contributed by atoms with Gasteiger partial charge in [0.15, 0.2) is 5.12 Å². The van der Waals surface area contributed by atoms with E-state index in [1.165, 1.54) is 11.8 Å². The maximum Gasteiger partial charge on any atom is 0.185 e. The molecule has 5 heteroatoms. The molecule has 0 aliphatic heterocycles. The average Bonchev–Trinajstić information content (AvgIpc) is 2.64. The molecule has 0 aromatic heterocycles. The summed E-state index contributed by atoms with van der Waals surface area (Å²) in [6.07, 6.45) is 2.91. The minimum absolute atomic E-state index is 0.00320. The van der Waals surface area contributed by atoms with Gasteiger partial charge < -0.3 is 9.47 Å². The second-order valence-electron chi connectivity index (χ2n) is 6.03. The molecule has 0 amide bonds. The highest BCUT2D eigenvalue weighted by Crippen LogP contribution is 2.28. The predicted octanol–water partition coefficient (Wildman–Crippen LogP) is 6.12. The van der Waals surface area contributed by atoms with Crippen LogP contribution in [0.3, 0.4) is 0 Å². The number of carbonyl (C=O) groups is 1. The van der Waals surface area contributed by atoms with E-state index in [2.05, 4.69) is 24.3 Å². The third-order valence-corrected chi connectivity index (χ3v) is 5.16. The number of methoxy groups -OCH3 is 1. The van der Waals surface area contributed by atoms with Gasteiger partial charge in [-0.3, -0.25) is 4.79 Å². The van der Waals surface area contributed by atoms with Crippen LogP contribution < -0.4 is 0 Å². The lowest BCUT2D eigenvalue weighted by molar-refractivity contribution is -0.109. The molecule has 0 spiro atoms. The van der Waals surface area contributed by atoms with Crippen molar-refractivity contribution in [3.63, 3.8) is 0 Å². The quantitative estimate of drug-likeness (QED) is 0.360. The number of unbranched alkanes of at least 4 members (excludes halogenated alkanes) is 1. The lowest BCUT2D eigenvalue weighted by Gasteiger charge is -2.18. The highest BCUT2D eigenvalue weighted by molar-refractivity contribution is 8.13. The Hall–Kier alpha value is -1.33. The predicted molar refractivity (Wildman–Crippen MR) is 110 cm³/mol. The summed E-state index contributed by atoms with van der Waals surface area (Å²) in [6.45, 7) is 1.88. The highest BCUT2D eigenvalue weighted by Gasteiger charge is 2.12. The maximum absolute atomic E-state index is 11.0. The van der Waals surface area contributed by atoms with E-state index in [9.17, 15) is 4.79 Å². The fourth-order valence-electron chi connectivity index (χ4n) is 2.68. The van der Waals surface area contributed by atoms with Gasteiger partial charge in [0.2, 0.25) is 0 Å². The van der Waals surface area contributed by atoms with Gasteiger partial charge in [-0.15, -0.1) is 0 Å². The van der Waals surface area contributed by atoms with Crippen LogP contribution in [0.4, 0.5) is 0 Å². The Kier molecular flexibility index (Phi) is 9.19. The van der Waals surface area contributed by atoms with Gasteiger partial charge in [0.05, 0.1) is 6.10 Å². The van der Waals surface area contributed by atoms with Gasteiger partial charge in [-0.1, -0.05) is 59.8 Å². The van der Waals surface area contributed by atoms with Gasteiger partial charge in [-0.2, -0.15) is 0 Å². The molecule has 0 bridgehead atoms. The second kappa shape index (κ2) is 11.4. The number of hydrogen-bond acceptors (Lipinski definition) is 4. The Labute approximate surface area is 165 Å². The minimum atomic E-state index is -0.00320. The van der Waals surface area contributed by atoms with Crippen LogP contribution in [0.25, 0.3) is 11.1 Å². The van der Waals surface area contributed by atoms with E-state index < -0.39 is 0 Å².